The van der Waals surface area contributed by atoms with E-state index < -0.39 is 0 Å². The number of hydrogen-bond donors (Lipinski definition) is 1. The topological polar surface area (TPSA) is 66.8 Å². The highest BCUT2D eigenvalue weighted by Gasteiger charge is 2.48. The number of carbonyl (C=O) groups is 1. The van der Waals surface area contributed by atoms with E-state index in [1.807, 2.05) is 18.7 Å². The van der Waals surface area contributed by atoms with Crippen molar-refractivity contribution in [2.45, 2.75) is 57.7 Å². The molecule has 6 rings (SSSR count). The maximum absolute atomic E-state index is 13.2. The second-order valence-corrected chi connectivity index (χ2v) is 9.61. The largest absolute Gasteiger partial charge is 0.336 e. The minimum Gasteiger partial charge on any atom is -0.336 e. The molecule has 2 saturated heterocycles. The van der Waals surface area contributed by atoms with Crippen molar-refractivity contribution in [2.24, 2.45) is 5.92 Å². The molecule has 3 unspecified atom stereocenters. The molecule has 2 bridgehead atoms. The van der Waals surface area contributed by atoms with Crippen molar-refractivity contribution in [3.05, 3.63) is 72.3 Å². The predicted octanol–water partition coefficient (Wildman–Crippen LogP) is 4.75. The van der Waals surface area contributed by atoms with Gasteiger partial charge in [0.2, 0.25) is 5.91 Å². The van der Waals surface area contributed by atoms with Gasteiger partial charge < -0.3 is 9.47 Å². The first-order chi connectivity index (χ1) is 16.2. The van der Waals surface area contributed by atoms with Gasteiger partial charge in [-0.3, -0.25) is 9.89 Å². The normalized spacial score (nSPS) is 21.8. The van der Waals surface area contributed by atoms with Crippen LogP contribution < -0.4 is 0 Å². The molecule has 0 aliphatic carbocycles. The molecule has 0 radical (unpaired) electrons. The average Bonchev–Trinajstić information content (AvgIpc) is 3.62. The number of amides is 1. The van der Waals surface area contributed by atoms with Crippen LogP contribution in [0, 0.1) is 12.8 Å². The van der Waals surface area contributed by atoms with Gasteiger partial charge in [-0.05, 0) is 67.3 Å². The zero-order valence-electron chi connectivity index (χ0n) is 18.9. The maximum Gasteiger partial charge on any atom is 0.223 e. The third-order valence-corrected chi connectivity index (χ3v) is 7.71. The molecule has 1 amide bonds. The molecule has 4 heterocycles. The molecule has 2 aromatic heterocycles. The molecule has 0 saturated carbocycles. The molecule has 3 atom stereocenters. The molecule has 1 N–H and O–H groups in total. The molecule has 0 spiro atoms. The number of aromatic nitrogens is 4. The van der Waals surface area contributed by atoms with Gasteiger partial charge >= 0.3 is 0 Å². The Labute approximate surface area is 193 Å². The Kier molecular flexibility index (Phi) is 5.01. The molecule has 168 valence electrons. The number of benzene rings is 2. The number of H-pyrrole nitrogens is 1. The molecule has 4 aromatic rings. The number of imidazole rings is 1. The summed E-state index contributed by atoms with van der Waals surface area (Å²) >= 11 is 0. The Hall–Kier alpha value is -3.41. The van der Waals surface area contributed by atoms with Crippen LogP contribution in [-0.4, -0.2) is 42.6 Å². The number of rotatable bonds is 6. The first-order valence-electron chi connectivity index (χ1n) is 12.0. The summed E-state index contributed by atoms with van der Waals surface area (Å²) in [5.41, 5.74) is 6.90. The summed E-state index contributed by atoms with van der Waals surface area (Å²) in [4.78, 5) is 20.1. The van der Waals surface area contributed by atoms with E-state index >= 15 is 0 Å². The number of nitrogens with one attached hydrogen (secondary N) is 1. The summed E-state index contributed by atoms with van der Waals surface area (Å²) in [5.74, 6) is 0.825. The lowest BCUT2D eigenvalue weighted by Crippen LogP contribution is -2.37. The van der Waals surface area contributed by atoms with Gasteiger partial charge in [0.15, 0.2) is 0 Å². The molecular weight excluding hydrogens is 410 g/mol. The smallest absolute Gasteiger partial charge is 0.223 e. The molecule has 33 heavy (non-hydrogen) atoms. The van der Waals surface area contributed by atoms with Crippen LogP contribution in [0.1, 0.15) is 36.8 Å². The van der Waals surface area contributed by atoms with Crippen LogP contribution in [-0.2, 0) is 17.8 Å². The highest BCUT2D eigenvalue weighted by molar-refractivity contribution is 5.82. The zero-order chi connectivity index (χ0) is 22.4. The van der Waals surface area contributed by atoms with Crippen molar-refractivity contribution >= 4 is 16.9 Å². The van der Waals surface area contributed by atoms with Crippen molar-refractivity contribution in [1.29, 1.82) is 0 Å². The van der Waals surface area contributed by atoms with Crippen LogP contribution >= 0.6 is 0 Å². The third-order valence-electron chi connectivity index (χ3n) is 7.71. The SMILES string of the molecule is Cc1ccccc1CCC(=O)N1C2CCC1C(Cn1cnc3cc(-c4cn[nH]c4)ccc31)C2. The van der Waals surface area contributed by atoms with Crippen LogP contribution in [0.3, 0.4) is 0 Å². The molecule has 2 fully saturated rings. The predicted molar refractivity (Wildman–Crippen MR) is 129 cm³/mol. The molecule has 2 aliphatic rings. The highest BCUT2D eigenvalue weighted by atomic mass is 16.2. The minimum absolute atomic E-state index is 0.327. The first kappa shape index (κ1) is 20.2. The quantitative estimate of drug-likeness (QED) is 0.472. The first-order valence-corrected chi connectivity index (χ1v) is 12.0. The van der Waals surface area contributed by atoms with E-state index in [4.69, 9.17) is 0 Å². The molecule has 6 heteroatoms. The summed E-state index contributed by atoms with van der Waals surface area (Å²) in [6.45, 7) is 3.05. The van der Waals surface area contributed by atoms with Crippen molar-refractivity contribution in [2.75, 3.05) is 0 Å². The van der Waals surface area contributed by atoms with Crippen LogP contribution in [0.4, 0.5) is 0 Å². The lowest BCUT2D eigenvalue weighted by molar-refractivity contribution is -0.132. The number of fused-ring (bicyclic) bond motifs is 3. The summed E-state index contributed by atoms with van der Waals surface area (Å²) in [6, 6.07) is 15.6. The van der Waals surface area contributed by atoms with E-state index in [1.54, 1.807) is 0 Å². The van der Waals surface area contributed by atoms with Gasteiger partial charge in [0, 0.05) is 36.8 Å². The average molecular weight is 440 g/mol. The van der Waals surface area contributed by atoms with Gasteiger partial charge in [-0.2, -0.15) is 5.10 Å². The van der Waals surface area contributed by atoms with Gasteiger partial charge in [-0.1, -0.05) is 30.3 Å². The Balaban J connectivity index is 1.15. The Morgan fingerprint density at radius 2 is 2.06 bits per heavy atom. The van der Waals surface area contributed by atoms with E-state index in [0.717, 1.165) is 54.4 Å². The van der Waals surface area contributed by atoms with Crippen LogP contribution in [0.2, 0.25) is 0 Å². The highest BCUT2D eigenvalue weighted by Crippen LogP contribution is 2.43. The molecule has 2 aliphatic heterocycles. The van der Waals surface area contributed by atoms with Crippen molar-refractivity contribution in [1.82, 2.24) is 24.6 Å². The summed E-state index contributed by atoms with van der Waals surface area (Å²) in [7, 11) is 0. The fourth-order valence-electron chi connectivity index (χ4n) is 6.01. The van der Waals surface area contributed by atoms with Gasteiger partial charge in [0.1, 0.15) is 0 Å². The van der Waals surface area contributed by atoms with Gasteiger partial charge in [0.25, 0.3) is 0 Å². The molecule has 2 aromatic carbocycles. The third kappa shape index (κ3) is 3.63. The number of hydrogen-bond acceptors (Lipinski definition) is 3. The van der Waals surface area contributed by atoms with E-state index in [9.17, 15) is 4.79 Å². The molecule has 6 nitrogen and oxygen atoms in total. The van der Waals surface area contributed by atoms with Crippen LogP contribution in [0.25, 0.3) is 22.2 Å². The fourth-order valence-corrected chi connectivity index (χ4v) is 6.01. The van der Waals surface area contributed by atoms with E-state index in [2.05, 4.69) is 74.0 Å². The lowest BCUT2D eigenvalue weighted by atomic mass is 9.89. The minimum atomic E-state index is 0.327. The number of aryl methyl sites for hydroxylation is 2. The van der Waals surface area contributed by atoms with Crippen molar-refractivity contribution in [3.63, 3.8) is 0 Å². The Morgan fingerprint density at radius 3 is 2.91 bits per heavy atom. The van der Waals surface area contributed by atoms with E-state index in [1.165, 1.54) is 11.1 Å². The van der Waals surface area contributed by atoms with Crippen LogP contribution in [0.15, 0.2) is 61.2 Å². The lowest BCUT2D eigenvalue weighted by Gasteiger charge is -2.25. The number of aromatic amines is 1. The zero-order valence-corrected chi connectivity index (χ0v) is 18.9. The summed E-state index contributed by atoms with van der Waals surface area (Å²) < 4.78 is 2.27. The number of nitrogens with zero attached hydrogens (tertiary/aromatic N) is 4. The van der Waals surface area contributed by atoms with Gasteiger partial charge in [-0.15, -0.1) is 0 Å². The second kappa shape index (κ2) is 8.18. The summed E-state index contributed by atoms with van der Waals surface area (Å²) in [5, 5.41) is 6.92. The van der Waals surface area contributed by atoms with Crippen molar-refractivity contribution < 1.29 is 4.79 Å². The van der Waals surface area contributed by atoms with Crippen LogP contribution in [0.5, 0.6) is 0 Å². The molecular formula is C27H29N5O. The van der Waals surface area contributed by atoms with Gasteiger partial charge in [0.05, 0.1) is 23.6 Å². The van der Waals surface area contributed by atoms with Crippen molar-refractivity contribution in [3.8, 4) is 11.1 Å². The summed E-state index contributed by atoms with van der Waals surface area (Å²) in [6.07, 6.45) is 10.5. The maximum atomic E-state index is 13.2. The number of carbonyl (C=O) groups excluding carboxylic acids is 1. The Bertz CT molecular complexity index is 1290. The monoisotopic (exact) mass is 439 g/mol. The van der Waals surface area contributed by atoms with E-state index in [0.29, 0.717) is 30.3 Å². The standard InChI is InChI=1S/C27H29N5O/c1-18-4-2-3-5-19(18)7-11-27(33)32-23-8-10-25(32)21(12-23)16-31-17-28-24-13-20(6-9-26(24)31)22-14-29-30-15-22/h2-6,9,13-15,17,21,23,25H,7-8,10-12,16H2,1H3,(H,29,30). The van der Waals surface area contributed by atoms with Gasteiger partial charge in [-0.25, -0.2) is 4.98 Å². The van der Waals surface area contributed by atoms with E-state index in [-0.39, 0.29) is 0 Å². The fraction of sp³-hybridized carbons (Fsp3) is 0.370. The second-order valence-electron chi connectivity index (χ2n) is 9.61. The Morgan fingerprint density at radius 1 is 1.15 bits per heavy atom.